The van der Waals surface area contributed by atoms with Crippen molar-refractivity contribution in [2.45, 2.75) is 70.5 Å². The van der Waals surface area contributed by atoms with Crippen LogP contribution in [-0.4, -0.2) is 54.4 Å². The number of hydrogen-bond donors (Lipinski definition) is 3. The maximum atomic E-state index is 12.1. The molecular formula is C16H31N3O2. The molecule has 0 aromatic heterocycles. The topological polar surface area (TPSA) is 64.6 Å². The fraction of sp³-hybridized carbons (Fsp3) is 0.938. The van der Waals surface area contributed by atoms with E-state index in [1.807, 2.05) is 0 Å². The van der Waals surface area contributed by atoms with Crippen molar-refractivity contribution in [3.8, 4) is 0 Å². The summed E-state index contributed by atoms with van der Waals surface area (Å²) in [6, 6.07) is 1.51. The van der Waals surface area contributed by atoms with Crippen molar-refractivity contribution in [3.05, 3.63) is 0 Å². The summed E-state index contributed by atoms with van der Waals surface area (Å²) >= 11 is 0. The van der Waals surface area contributed by atoms with Crippen LogP contribution in [0, 0.1) is 5.41 Å². The molecule has 2 atom stereocenters. The highest BCUT2D eigenvalue weighted by molar-refractivity contribution is 5.74. The molecule has 2 bridgehead atoms. The lowest BCUT2D eigenvalue weighted by Crippen LogP contribution is -2.56. The molecule has 2 saturated heterocycles. The SMILES string of the molecule is CN1C2CCCC1CC(NC(=O)NCC(C)(C)CCO)C2. The number of amides is 2. The van der Waals surface area contributed by atoms with Gasteiger partial charge in [0.25, 0.3) is 0 Å². The van der Waals surface area contributed by atoms with Crippen molar-refractivity contribution in [1.29, 1.82) is 0 Å². The summed E-state index contributed by atoms with van der Waals surface area (Å²) in [7, 11) is 2.22. The van der Waals surface area contributed by atoms with Gasteiger partial charge in [0.2, 0.25) is 0 Å². The molecule has 0 aliphatic carbocycles. The molecule has 2 aliphatic rings. The van der Waals surface area contributed by atoms with Crippen molar-refractivity contribution in [2.24, 2.45) is 5.41 Å². The molecule has 3 N–H and O–H groups in total. The highest BCUT2D eigenvalue weighted by Crippen LogP contribution is 2.32. The van der Waals surface area contributed by atoms with Gasteiger partial charge in [0, 0.05) is 31.3 Å². The number of rotatable bonds is 5. The molecule has 0 spiro atoms. The van der Waals surface area contributed by atoms with Crippen LogP contribution in [0.3, 0.4) is 0 Å². The summed E-state index contributed by atoms with van der Waals surface area (Å²) in [6.07, 6.45) is 6.69. The molecule has 2 unspecified atom stereocenters. The number of aliphatic hydroxyl groups excluding tert-OH is 1. The Morgan fingerprint density at radius 3 is 2.48 bits per heavy atom. The second kappa shape index (κ2) is 6.97. The number of aliphatic hydroxyl groups is 1. The molecule has 122 valence electrons. The van der Waals surface area contributed by atoms with Gasteiger partial charge in [0.1, 0.15) is 0 Å². The van der Waals surface area contributed by atoms with Crippen LogP contribution in [0.5, 0.6) is 0 Å². The van der Waals surface area contributed by atoms with E-state index in [9.17, 15) is 4.79 Å². The zero-order valence-corrected chi connectivity index (χ0v) is 13.7. The first-order valence-electron chi connectivity index (χ1n) is 8.28. The average Bonchev–Trinajstić information content (AvgIpc) is 2.38. The standard InChI is InChI=1S/C16H31N3O2/c1-16(2,7-8-20)11-17-15(21)18-12-9-13-5-4-6-14(10-12)19(13)3/h12-14,20H,4-11H2,1-3H3,(H2,17,18,21). The molecule has 0 aromatic carbocycles. The van der Waals surface area contributed by atoms with E-state index in [0.717, 1.165) is 12.8 Å². The summed E-state index contributed by atoms with van der Waals surface area (Å²) in [5.74, 6) is 0. The monoisotopic (exact) mass is 297 g/mol. The Bertz CT molecular complexity index is 345. The van der Waals surface area contributed by atoms with E-state index in [2.05, 4.69) is 36.4 Å². The van der Waals surface area contributed by atoms with Gasteiger partial charge in [-0.1, -0.05) is 20.3 Å². The van der Waals surface area contributed by atoms with Gasteiger partial charge in [0.05, 0.1) is 0 Å². The third-order valence-electron chi connectivity index (χ3n) is 5.19. The Morgan fingerprint density at radius 1 is 1.29 bits per heavy atom. The van der Waals surface area contributed by atoms with Crippen LogP contribution in [0.4, 0.5) is 4.79 Å². The van der Waals surface area contributed by atoms with Gasteiger partial charge < -0.3 is 20.6 Å². The lowest BCUT2D eigenvalue weighted by atomic mass is 9.82. The van der Waals surface area contributed by atoms with Crippen molar-refractivity contribution in [1.82, 2.24) is 15.5 Å². The molecule has 0 radical (unpaired) electrons. The first-order chi connectivity index (χ1) is 9.91. The van der Waals surface area contributed by atoms with Crippen LogP contribution in [0.25, 0.3) is 0 Å². The number of nitrogens with zero attached hydrogens (tertiary/aromatic N) is 1. The van der Waals surface area contributed by atoms with Gasteiger partial charge in [-0.05, 0) is 44.6 Å². The Morgan fingerprint density at radius 2 is 1.90 bits per heavy atom. The highest BCUT2D eigenvalue weighted by atomic mass is 16.3. The molecule has 5 nitrogen and oxygen atoms in total. The van der Waals surface area contributed by atoms with Crippen molar-refractivity contribution in [3.63, 3.8) is 0 Å². The second-order valence-electron chi connectivity index (χ2n) is 7.54. The first kappa shape index (κ1) is 16.6. The molecule has 2 rings (SSSR count). The number of hydrogen-bond acceptors (Lipinski definition) is 3. The summed E-state index contributed by atoms with van der Waals surface area (Å²) in [5, 5.41) is 15.1. The molecule has 0 saturated carbocycles. The number of fused-ring (bicyclic) bond motifs is 2. The predicted octanol–water partition coefficient (Wildman–Crippen LogP) is 1.71. The number of carbonyl (C=O) groups excluding carboxylic acids is 1. The largest absolute Gasteiger partial charge is 0.396 e. The second-order valence-corrected chi connectivity index (χ2v) is 7.54. The lowest BCUT2D eigenvalue weighted by molar-refractivity contribution is 0.0508. The molecular weight excluding hydrogens is 266 g/mol. The van der Waals surface area contributed by atoms with Crippen LogP contribution < -0.4 is 10.6 Å². The van der Waals surface area contributed by atoms with Crippen LogP contribution in [0.2, 0.25) is 0 Å². The fourth-order valence-electron chi connectivity index (χ4n) is 3.68. The van der Waals surface area contributed by atoms with E-state index < -0.39 is 0 Å². The third-order valence-corrected chi connectivity index (χ3v) is 5.19. The number of urea groups is 1. The minimum Gasteiger partial charge on any atom is -0.396 e. The van der Waals surface area contributed by atoms with E-state index in [1.54, 1.807) is 0 Å². The minimum atomic E-state index is -0.0614. The average molecular weight is 297 g/mol. The predicted molar refractivity (Wildman–Crippen MR) is 84.2 cm³/mol. The molecule has 0 aromatic rings. The Labute approximate surface area is 128 Å². The van der Waals surface area contributed by atoms with Crippen LogP contribution in [0.15, 0.2) is 0 Å². The van der Waals surface area contributed by atoms with Gasteiger partial charge in [-0.25, -0.2) is 4.79 Å². The molecule has 2 aliphatic heterocycles. The van der Waals surface area contributed by atoms with Gasteiger partial charge in [-0.3, -0.25) is 0 Å². The van der Waals surface area contributed by atoms with Gasteiger partial charge in [0.15, 0.2) is 0 Å². The first-order valence-corrected chi connectivity index (χ1v) is 8.28. The smallest absolute Gasteiger partial charge is 0.315 e. The lowest BCUT2D eigenvalue weighted by Gasteiger charge is -2.47. The van der Waals surface area contributed by atoms with E-state index in [1.165, 1.54) is 19.3 Å². The molecule has 2 amide bonds. The van der Waals surface area contributed by atoms with Crippen LogP contribution in [0.1, 0.15) is 52.4 Å². The third kappa shape index (κ3) is 4.58. The number of carbonyl (C=O) groups is 1. The Kier molecular flexibility index (Phi) is 5.49. The number of nitrogens with one attached hydrogen (secondary N) is 2. The van der Waals surface area contributed by atoms with Gasteiger partial charge in [-0.15, -0.1) is 0 Å². The maximum absolute atomic E-state index is 12.1. The zero-order chi connectivity index (χ0) is 15.5. The van der Waals surface area contributed by atoms with Crippen LogP contribution >= 0.6 is 0 Å². The maximum Gasteiger partial charge on any atom is 0.315 e. The van der Waals surface area contributed by atoms with Crippen molar-refractivity contribution >= 4 is 6.03 Å². The van der Waals surface area contributed by atoms with E-state index in [4.69, 9.17) is 5.11 Å². The number of piperidine rings is 2. The Hall–Kier alpha value is -0.810. The van der Waals surface area contributed by atoms with E-state index in [-0.39, 0.29) is 18.1 Å². The van der Waals surface area contributed by atoms with Crippen LogP contribution in [-0.2, 0) is 0 Å². The van der Waals surface area contributed by atoms with Gasteiger partial charge in [-0.2, -0.15) is 0 Å². The highest BCUT2D eigenvalue weighted by Gasteiger charge is 2.36. The zero-order valence-electron chi connectivity index (χ0n) is 13.7. The van der Waals surface area contributed by atoms with E-state index in [0.29, 0.717) is 31.1 Å². The van der Waals surface area contributed by atoms with Crippen molar-refractivity contribution < 1.29 is 9.90 Å². The quantitative estimate of drug-likeness (QED) is 0.724. The fourth-order valence-corrected chi connectivity index (χ4v) is 3.68. The van der Waals surface area contributed by atoms with Crippen molar-refractivity contribution in [2.75, 3.05) is 20.2 Å². The normalized spacial score (nSPS) is 30.0. The summed E-state index contributed by atoms with van der Waals surface area (Å²) in [5.41, 5.74) is -0.0601. The van der Waals surface area contributed by atoms with E-state index >= 15 is 0 Å². The summed E-state index contributed by atoms with van der Waals surface area (Å²) in [6.45, 7) is 4.88. The molecule has 5 heteroatoms. The molecule has 2 fully saturated rings. The minimum absolute atomic E-state index is 0.0601. The summed E-state index contributed by atoms with van der Waals surface area (Å²) < 4.78 is 0. The summed E-state index contributed by atoms with van der Waals surface area (Å²) in [4.78, 5) is 14.6. The van der Waals surface area contributed by atoms with Gasteiger partial charge >= 0.3 is 6.03 Å². The molecule has 2 heterocycles. The Balaban J connectivity index is 1.76. The molecule has 21 heavy (non-hydrogen) atoms.